The summed E-state index contributed by atoms with van der Waals surface area (Å²) in [6, 6.07) is 10.9. The van der Waals surface area contributed by atoms with Crippen LogP contribution in [0.2, 0.25) is 0 Å². The van der Waals surface area contributed by atoms with Gasteiger partial charge in [-0.25, -0.2) is 0 Å². The molecular formula is C15H14O5. The highest BCUT2D eigenvalue weighted by Gasteiger charge is 2.16. The summed E-state index contributed by atoms with van der Waals surface area (Å²) in [4.78, 5) is 0. The van der Waals surface area contributed by atoms with Crippen LogP contribution in [-0.2, 0) is 0 Å². The molecule has 2 aromatic carbocycles. The van der Waals surface area contributed by atoms with Gasteiger partial charge in [-0.2, -0.15) is 0 Å². The van der Waals surface area contributed by atoms with Crippen molar-refractivity contribution in [3.63, 3.8) is 0 Å². The molecule has 0 unspecified atom stereocenters. The summed E-state index contributed by atoms with van der Waals surface area (Å²) in [5, 5.41) is 9.13. The second-order valence-electron chi connectivity index (χ2n) is 4.32. The zero-order valence-corrected chi connectivity index (χ0v) is 11.0. The third-order valence-corrected chi connectivity index (χ3v) is 2.97. The highest BCUT2D eigenvalue weighted by atomic mass is 16.7. The first kappa shape index (κ1) is 12.5. The van der Waals surface area contributed by atoms with Crippen molar-refractivity contribution in [2.24, 2.45) is 0 Å². The predicted octanol–water partition coefficient (Wildman–Crippen LogP) is 2.84. The Morgan fingerprint density at radius 1 is 0.800 bits per heavy atom. The number of aromatic hydroxyl groups is 1. The van der Waals surface area contributed by atoms with E-state index in [9.17, 15) is 0 Å². The Bertz CT molecular complexity index is 568. The monoisotopic (exact) mass is 274 g/mol. The summed E-state index contributed by atoms with van der Waals surface area (Å²) >= 11 is 0. The SMILES string of the molecule is Cc1cccc2c1OCO2.Oc1cccc2c1OCO2. The molecule has 5 nitrogen and oxygen atoms in total. The molecule has 0 fully saturated rings. The van der Waals surface area contributed by atoms with Crippen LogP contribution in [0, 0.1) is 6.92 Å². The summed E-state index contributed by atoms with van der Waals surface area (Å²) in [5.41, 5.74) is 1.13. The van der Waals surface area contributed by atoms with Gasteiger partial charge in [-0.3, -0.25) is 0 Å². The van der Waals surface area contributed by atoms with E-state index < -0.39 is 0 Å². The number of rotatable bonds is 0. The van der Waals surface area contributed by atoms with Crippen molar-refractivity contribution in [2.75, 3.05) is 13.6 Å². The van der Waals surface area contributed by atoms with Crippen molar-refractivity contribution in [1.82, 2.24) is 0 Å². The van der Waals surface area contributed by atoms with E-state index in [1.54, 1.807) is 18.2 Å². The molecule has 0 radical (unpaired) electrons. The van der Waals surface area contributed by atoms with Crippen LogP contribution in [0.15, 0.2) is 36.4 Å². The normalized spacial score (nSPS) is 13.7. The summed E-state index contributed by atoms with van der Waals surface area (Å²) in [5.74, 6) is 2.94. The van der Waals surface area contributed by atoms with Crippen LogP contribution >= 0.6 is 0 Å². The second kappa shape index (κ2) is 5.21. The standard InChI is InChI=1S/C8H8O2.C7H6O3/c1-6-3-2-4-7-8(6)10-5-9-7;8-5-2-1-3-6-7(5)10-4-9-6/h2-4H,5H2,1H3;1-3,8H,4H2. The Labute approximate surface area is 116 Å². The molecular weight excluding hydrogens is 260 g/mol. The lowest BCUT2D eigenvalue weighted by molar-refractivity contribution is 0.171. The quantitative estimate of drug-likeness (QED) is 0.800. The number of para-hydroxylation sites is 2. The topological polar surface area (TPSA) is 57.2 Å². The third-order valence-electron chi connectivity index (χ3n) is 2.97. The van der Waals surface area contributed by atoms with Crippen molar-refractivity contribution in [3.05, 3.63) is 42.0 Å². The van der Waals surface area contributed by atoms with Gasteiger partial charge >= 0.3 is 0 Å². The molecule has 4 rings (SSSR count). The summed E-state index contributed by atoms with van der Waals surface area (Å²) in [7, 11) is 0. The maximum atomic E-state index is 9.13. The molecule has 0 bridgehead atoms. The molecule has 2 aliphatic heterocycles. The molecule has 2 aliphatic rings. The van der Waals surface area contributed by atoms with Gasteiger partial charge < -0.3 is 24.1 Å². The lowest BCUT2D eigenvalue weighted by atomic mass is 10.2. The zero-order valence-electron chi connectivity index (χ0n) is 11.0. The van der Waals surface area contributed by atoms with Crippen LogP contribution in [0.1, 0.15) is 5.56 Å². The van der Waals surface area contributed by atoms with E-state index >= 15 is 0 Å². The number of aryl methyl sites for hydroxylation is 1. The van der Waals surface area contributed by atoms with Gasteiger partial charge in [-0.05, 0) is 30.7 Å². The van der Waals surface area contributed by atoms with Crippen molar-refractivity contribution in [1.29, 1.82) is 0 Å². The lowest BCUT2D eigenvalue weighted by Crippen LogP contribution is -1.93. The zero-order chi connectivity index (χ0) is 13.9. The lowest BCUT2D eigenvalue weighted by Gasteiger charge is -1.96. The van der Waals surface area contributed by atoms with E-state index in [4.69, 9.17) is 24.1 Å². The molecule has 0 saturated carbocycles. The minimum atomic E-state index is 0.134. The Kier molecular flexibility index (Phi) is 3.25. The number of hydrogen-bond acceptors (Lipinski definition) is 5. The smallest absolute Gasteiger partial charge is 0.231 e. The average Bonchev–Trinajstić information content (AvgIpc) is 3.08. The Morgan fingerprint density at radius 3 is 2.05 bits per heavy atom. The van der Waals surface area contributed by atoms with Gasteiger partial charge in [0, 0.05) is 0 Å². The molecule has 5 heteroatoms. The molecule has 0 aliphatic carbocycles. The molecule has 2 aromatic rings. The molecule has 0 saturated heterocycles. The Balaban J connectivity index is 0.000000121. The number of phenolic OH excluding ortho intramolecular Hbond substituents is 1. The summed E-state index contributed by atoms with van der Waals surface area (Å²) in [6.07, 6.45) is 0. The van der Waals surface area contributed by atoms with E-state index in [0.29, 0.717) is 18.3 Å². The maximum Gasteiger partial charge on any atom is 0.231 e. The third kappa shape index (κ3) is 2.30. The first-order valence-electron chi connectivity index (χ1n) is 6.18. The Hall–Kier alpha value is -2.56. The number of phenols is 1. The summed E-state index contributed by atoms with van der Waals surface area (Å²) in [6.45, 7) is 2.57. The van der Waals surface area contributed by atoms with Crippen molar-refractivity contribution >= 4 is 0 Å². The molecule has 0 spiro atoms. The van der Waals surface area contributed by atoms with Crippen LogP contribution in [0.5, 0.6) is 28.7 Å². The van der Waals surface area contributed by atoms with Gasteiger partial charge in [0.2, 0.25) is 19.3 Å². The minimum absolute atomic E-state index is 0.134. The molecule has 20 heavy (non-hydrogen) atoms. The van der Waals surface area contributed by atoms with Crippen molar-refractivity contribution in [2.45, 2.75) is 6.92 Å². The van der Waals surface area contributed by atoms with Gasteiger partial charge in [-0.15, -0.1) is 0 Å². The van der Waals surface area contributed by atoms with Crippen molar-refractivity contribution in [3.8, 4) is 28.7 Å². The minimum Gasteiger partial charge on any atom is -0.504 e. The van der Waals surface area contributed by atoms with E-state index in [1.807, 2.05) is 25.1 Å². The predicted molar refractivity (Wildman–Crippen MR) is 71.5 cm³/mol. The fourth-order valence-corrected chi connectivity index (χ4v) is 1.99. The number of fused-ring (bicyclic) bond motifs is 2. The second-order valence-corrected chi connectivity index (χ2v) is 4.32. The molecule has 0 aromatic heterocycles. The fourth-order valence-electron chi connectivity index (χ4n) is 1.99. The van der Waals surface area contributed by atoms with Crippen LogP contribution in [0.4, 0.5) is 0 Å². The molecule has 0 atom stereocenters. The van der Waals surface area contributed by atoms with E-state index in [0.717, 1.165) is 17.1 Å². The van der Waals surface area contributed by atoms with E-state index in [-0.39, 0.29) is 12.5 Å². The number of benzene rings is 2. The van der Waals surface area contributed by atoms with Gasteiger partial charge in [-0.1, -0.05) is 18.2 Å². The van der Waals surface area contributed by atoms with Crippen LogP contribution in [0.25, 0.3) is 0 Å². The van der Waals surface area contributed by atoms with Crippen LogP contribution in [-0.4, -0.2) is 18.7 Å². The van der Waals surface area contributed by atoms with Gasteiger partial charge in [0.05, 0.1) is 0 Å². The first-order chi connectivity index (χ1) is 9.75. The molecule has 0 amide bonds. The number of ether oxygens (including phenoxy) is 4. The number of hydrogen-bond donors (Lipinski definition) is 1. The van der Waals surface area contributed by atoms with E-state index in [2.05, 4.69) is 0 Å². The van der Waals surface area contributed by atoms with Gasteiger partial charge in [0.15, 0.2) is 23.0 Å². The van der Waals surface area contributed by atoms with Gasteiger partial charge in [0.1, 0.15) is 0 Å². The maximum absolute atomic E-state index is 9.13. The van der Waals surface area contributed by atoms with Crippen molar-refractivity contribution < 1.29 is 24.1 Å². The summed E-state index contributed by atoms with van der Waals surface area (Å²) < 4.78 is 20.3. The average molecular weight is 274 g/mol. The fraction of sp³-hybridized carbons (Fsp3) is 0.200. The van der Waals surface area contributed by atoms with Crippen LogP contribution in [0.3, 0.4) is 0 Å². The van der Waals surface area contributed by atoms with Crippen LogP contribution < -0.4 is 18.9 Å². The first-order valence-corrected chi connectivity index (χ1v) is 6.18. The molecule has 2 heterocycles. The molecule has 104 valence electrons. The molecule has 1 N–H and O–H groups in total. The van der Waals surface area contributed by atoms with E-state index in [1.165, 1.54) is 0 Å². The van der Waals surface area contributed by atoms with Gasteiger partial charge in [0.25, 0.3) is 0 Å². The largest absolute Gasteiger partial charge is 0.504 e. The Morgan fingerprint density at radius 2 is 1.40 bits per heavy atom. The highest BCUT2D eigenvalue weighted by Crippen LogP contribution is 2.39. The highest BCUT2D eigenvalue weighted by molar-refractivity contribution is 5.51.